The Hall–Kier alpha value is -1.05. The van der Waals surface area contributed by atoms with Crippen molar-refractivity contribution in [2.75, 3.05) is 0 Å². The topological polar surface area (TPSA) is 72.2 Å². The lowest BCUT2D eigenvalue weighted by Crippen LogP contribution is -2.45. The summed E-state index contributed by atoms with van der Waals surface area (Å²) in [7, 11) is -4.07. The van der Waals surface area contributed by atoms with Gasteiger partial charge in [0.05, 0.1) is 0 Å². The molecule has 3 N–H and O–H groups in total. The Morgan fingerprint density at radius 3 is 2.25 bits per heavy atom. The first-order valence-corrected chi connectivity index (χ1v) is 7.90. The standard InChI is InChI=1S/C13H20F2N2O2S/c1-4-13(3,5-2)17-20(18,19)11-7-6-10(14)9(8-16)12(11)15/h6-7,17H,4-5,8,16H2,1-3H3. The van der Waals surface area contributed by atoms with E-state index in [1.165, 1.54) is 0 Å². The molecule has 0 aromatic heterocycles. The fourth-order valence-corrected chi connectivity index (χ4v) is 3.40. The normalized spacial score (nSPS) is 12.7. The first-order chi connectivity index (χ1) is 9.20. The molecule has 4 nitrogen and oxygen atoms in total. The second-order valence-electron chi connectivity index (χ2n) is 4.92. The summed E-state index contributed by atoms with van der Waals surface area (Å²) in [5.41, 5.74) is 4.14. The van der Waals surface area contributed by atoms with Crippen molar-refractivity contribution in [2.24, 2.45) is 5.73 Å². The number of halogens is 2. The Labute approximate surface area is 118 Å². The van der Waals surface area contributed by atoms with Gasteiger partial charge in [-0.25, -0.2) is 21.9 Å². The van der Waals surface area contributed by atoms with Crippen molar-refractivity contribution in [3.8, 4) is 0 Å². The number of nitrogens with one attached hydrogen (secondary N) is 1. The molecule has 114 valence electrons. The molecule has 7 heteroatoms. The van der Waals surface area contributed by atoms with Gasteiger partial charge < -0.3 is 5.73 Å². The number of hydrogen-bond donors (Lipinski definition) is 2. The Bertz CT molecular complexity index is 584. The first-order valence-electron chi connectivity index (χ1n) is 6.41. The molecule has 0 unspecified atom stereocenters. The van der Waals surface area contributed by atoms with Gasteiger partial charge in [-0.15, -0.1) is 0 Å². The maximum atomic E-state index is 14.1. The molecule has 20 heavy (non-hydrogen) atoms. The summed E-state index contributed by atoms with van der Waals surface area (Å²) in [4.78, 5) is -0.576. The number of hydrogen-bond acceptors (Lipinski definition) is 3. The van der Waals surface area contributed by atoms with Crippen molar-refractivity contribution in [2.45, 2.75) is 50.6 Å². The Balaban J connectivity index is 3.30. The molecule has 1 aromatic rings. The van der Waals surface area contributed by atoms with Gasteiger partial charge in [-0.2, -0.15) is 0 Å². The lowest BCUT2D eigenvalue weighted by Gasteiger charge is -2.28. The molecular formula is C13H20F2N2O2S. The van der Waals surface area contributed by atoms with Crippen LogP contribution >= 0.6 is 0 Å². The van der Waals surface area contributed by atoms with E-state index in [1.807, 2.05) is 13.8 Å². The lowest BCUT2D eigenvalue weighted by atomic mass is 9.98. The minimum absolute atomic E-state index is 0.403. The molecule has 0 amide bonds. The van der Waals surface area contributed by atoms with E-state index in [9.17, 15) is 17.2 Å². The number of nitrogens with two attached hydrogens (primary N) is 1. The lowest BCUT2D eigenvalue weighted by molar-refractivity contribution is 0.387. The van der Waals surface area contributed by atoms with Crippen LogP contribution in [0, 0.1) is 11.6 Å². The van der Waals surface area contributed by atoms with Gasteiger partial charge in [-0.1, -0.05) is 13.8 Å². The molecule has 0 bridgehead atoms. The minimum atomic E-state index is -4.07. The highest BCUT2D eigenvalue weighted by atomic mass is 32.2. The molecule has 0 aliphatic rings. The summed E-state index contributed by atoms with van der Waals surface area (Å²) < 4.78 is 54.4. The zero-order chi connectivity index (χ0) is 15.6. The zero-order valence-corrected chi connectivity index (χ0v) is 12.7. The summed E-state index contributed by atoms with van der Waals surface area (Å²) in [5.74, 6) is -1.98. The van der Waals surface area contributed by atoms with Gasteiger partial charge in [-0.3, -0.25) is 0 Å². The van der Waals surface area contributed by atoms with Crippen LogP contribution in [0.3, 0.4) is 0 Å². The predicted molar refractivity (Wildman–Crippen MR) is 73.6 cm³/mol. The van der Waals surface area contributed by atoms with E-state index in [4.69, 9.17) is 5.73 Å². The van der Waals surface area contributed by atoms with Crippen LogP contribution in [0.15, 0.2) is 17.0 Å². The first kappa shape index (κ1) is 17.0. The van der Waals surface area contributed by atoms with Crippen LogP contribution in [-0.2, 0) is 16.6 Å². The summed E-state index contributed by atoms with van der Waals surface area (Å²) in [6.07, 6.45) is 1.10. The van der Waals surface area contributed by atoms with E-state index in [2.05, 4.69) is 4.72 Å². The SMILES string of the molecule is CCC(C)(CC)NS(=O)(=O)c1ccc(F)c(CN)c1F. The predicted octanol–water partition coefficient (Wildman–Crippen LogP) is 2.28. The van der Waals surface area contributed by atoms with Crippen LogP contribution in [0.4, 0.5) is 8.78 Å². The third kappa shape index (κ3) is 3.34. The summed E-state index contributed by atoms with van der Waals surface area (Å²) in [5, 5.41) is 0. The molecule has 1 rings (SSSR count). The van der Waals surface area contributed by atoms with Gasteiger partial charge in [0.25, 0.3) is 0 Å². The van der Waals surface area contributed by atoms with Crippen molar-refractivity contribution in [1.82, 2.24) is 4.72 Å². The van der Waals surface area contributed by atoms with Gasteiger partial charge in [0.15, 0.2) is 5.82 Å². The molecule has 0 heterocycles. The highest BCUT2D eigenvalue weighted by Crippen LogP contribution is 2.24. The monoisotopic (exact) mass is 306 g/mol. The minimum Gasteiger partial charge on any atom is -0.326 e. The van der Waals surface area contributed by atoms with E-state index in [0.29, 0.717) is 12.8 Å². The van der Waals surface area contributed by atoms with E-state index in [0.717, 1.165) is 12.1 Å². The number of rotatable bonds is 6. The molecule has 0 aliphatic carbocycles. The second kappa shape index (κ2) is 6.15. The highest BCUT2D eigenvalue weighted by molar-refractivity contribution is 7.89. The van der Waals surface area contributed by atoms with Gasteiger partial charge in [0.1, 0.15) is 10.7 Å². The van der Waals surface area contributed by atoms with E-state index in [1.54, 1.807) is 6.92 Å². The maximum absolute atomic E-state index is 14.1. The van der Waals surface area contributed by atoms with Gasteiger partial charge >= 0.3 is 0 Å². The quantitative estimate of drug-likeness (QED) is 0.847. The van der Waals surface area contributed by atoms with Crippen molar-refractivity contribution < 1.29 is 17.2 Å². The van der Waals surface area contributed by atoms with Crippen LogP contribution in [0.2, 0.25) is 0 Å². The molecule has 0 spiro atoms. The molecule has 0 aliphatic heterocycles. The van der Waals surface area contributed by atoms with Gasteiger partial charge in [0, 0.05) is 17.6 Å². The Kier molecular flexibility index (Phi) is 5.23. The van der Waals surface area contributed by atoms with Crippen LogP contribution in [-0.4, -0.2) is 14.0 Å². The number of benzene rings is 1. The maximum Gasteiger partial charge on any atom is 0.243 e. The molecule has 0 saturated carbocycles. The Morgan fingerprint density at radius 1 is 1.25 bits per heavy atom. The average molecular weight is 306 g/mol. The summed E-state index contributed by atoms with van der Waals surface area (Å²) >= 11 is 0. The molecule has 0 atom stereocenters. The van der Waals surface area contributed by atoms with Gasteiger partial charge in [-0.05, 0) is 31.9 Å². The van der Waals surface area contributed by atoms with Crippen LogP contribution in [0.1, 0.15) is 39.2 Å². The molecule has 0 fully saturated rings. The van der Waals surface area contributed by atoms with Crippen LogP contribution in [0.5, 0.6) is 0 Å². The third-order valence-electron chi connectivity index (χ3n) is 3.59. The summed E-state index contributed by atoms with van der Waals surface area (Å²) in [6, 6.07) is 1.83. The van der Waals surface area contributed by atoms with Crippen LogP contribution < -0.4 is 10.5 Å². The highest BCUT2D eigenvalue weighted by Gasteiger charge is 2.30. The van der Waals surface area contributed by atoms with Crippen molar-refractivity contribution in [3.63, 3.8) is 0 Å². The van der Waals surface area contributed by atoms with Crippen LogP contribution in [0.25, 0.3) is 0 Å². The summed E-state index contributed by atoms with van der Waals surface area (Å²) in [6.45, 7) is 4.99. The van der Waals surface area contributed by atoms with E-state index in [-0.39, 0.29) is 0 Å². The molecule has 0 saturated heterocycles. The second-order valence-corrected chi connectivity index (χ2v) is 6.57. The zero-order valence-electron chi connectivity index (χ0n) is 11.8. The Morgan fingerprint density at radius 2 is 1.80 bits per heavy atom. The smallest absolute Gasteiger partial charge is 0.243 e. The molecule has 0 radical (unpaired) electrons. The van der Waals surface area contributed by atoms with Gasteiger partial charge in [0.2, 0.25) is 10.0 Å². The van der Waals surface area contributed by atoms with Crippen molar-refractivity contribution in [1.29, 1.82) is 0 Å². The third-order valence-corrected chi connectivity index (χ3v) is 5.24. The molecular weight excluding hydrogens is 286 g/mol. The largest absolute Gasteiger partial charge is 0.326 e. The fraction of sp³-hybridized carbons (Fsp3) is 0.538. The van der Waals surface area contributed by atoms with E-state index >= 15 is 0 Å². The fourth-order valence-electron chi connectivity index (χ4n) is 1.74. The average Bonchev–Trinajstić information content (AvgIpc) is 2.38. The van der Waals surface area contributed by atoms with Crippen molar-refractivity contribution >= 4 is 10.0 Å². The number of sulfonamides is 1. The van der Waals surface area contributed by atoms with E-state index < -0.39 is 44.2 Å². The molecule has 1 aromatic carbocycles. The van der Waals surface area contributed by atoms with Crippen molar-refractivity contribution in [3.05, 3.63) is 29.3 Å².